The summed E-state index contributed by atoms with van der Waals surface area (Å²) in [6.45, 7) is 0.297. The standard InChI is InChI=1S/C7H14N2O3S/c8-3-1-7(10)9-6-2-4-13(11,12)5-6/h6H,1-5,8H2,(H,9,10)/t6-/m1/s1. The van der Waals surface area contributed by atoms with Crippen LogP contribution >= 0.6 is 0 Å². The highest BCUT2D eigenvalue weighted by Crippen LogP contribution is 2.10. The van der Waals surface area contributed by atoms with Crippen molar-refractivity contribution < 1.29 is 13.2 Å². The molecule has 0 radical (unpaired) electrons. The molecule has 0 aromatic heterocycles. The summed E-state index contributed by atoms with van der Waals surface area (Å²) in [6, 6.07) is -0.205. The summed E-state index contributed by atoms with van der Waals surface area (Å²) in [5.74, 6) is 0.0914. The van der Waals surface area contributed by atoms with Crippen molar-refractivity contribution in [3.63, 3.8) is 0 Å². The lowest BCUT2D eigenvalue weighted by atomic mass is 10.2. The Bertz CT molecular complexity index is 286. The minimum atomic E-state index is -2.90. The number of carbonyl (C=O) groups is 1. The topological polar surface area (TPSA) is 89.3 Å². The molecule has 1 amide bonds. The molecule has 0 aromatic carbocycles. The van der Waals surface area contributed by atoms with Gasteiger partial charge < -0.3 is 11.1 Å². The average Bonchev–Trinajstić information content (AvgIpc) is 2.30. The van der Waals surface area contributed by atoms with Crippen molar-refractivity contribution in [2.45, 2.75) is 18.9 Å². The van der Waals surface area contributed by atoms with Crippen molar-refractivity contribution in [3.8, 4) is 0 Å². The van der Waals surface area contributed by atoms with Crippen LogP contribution in [0.4, 0.5) is 0 Å². The maximum atomic E-state index is 11.0. The molecule has 3 N–H and O–H groups in total. The molecule has 13 heavy (non-hydrogen) atoms. The van der Waals surface area contributed by atoms with E-state index >= 15 is 0 Å². The summed E-state index contributed by atoms with van der Waals surface area (Å²) < 4.78 is 22.0. The maximum absolute atomic E-state index is 11.0. The molecule has 6 heteroatoms. The predicted octanol–water partition coefficient (Wildman–Crippen LogP) is -1.36. The van der Waals surface area contributed by atoms with Crippen molar-refractivity contribution in [1.29, 1.82) is 0 Å². The molecule has 0 bridgehead atoms. The van der Waals surface area contributed by atoms with E-state index in [0.717, 1.165) is 0 Å². The zero-order valence-electron chi connectivity index (χ0n) is 7.32. The zero-order valence-corrected chi connectivity index (χ0v) is 8.14. The van der Waals surface area contributed by atoms with E-state index in [1.54, 1.807) is 0 Å². The number of hydrogen-bond donors (Lipinski definition) is 2. The molecule has 0 saturated carbocycles. The van der Waals surface area contributed by atoms with E-state index in [1.165, 1.54) is 0 Å². The lowest BCUT2D eigenvalue weighted by Crippen LogP contribution is -2.36. The van der Waals surface area contributed by atoms with Gasteiger partial charge in [0.15, 0.2) is 9.84 Å². The summed E-state index contributed by atoms with van der Waals surface area (Å²) >= 11 is 0. The van der Waals surface area contributed by atoms with Gasteiger partial charge in [-0.1, -0.05) is 0 Å². The normalized spacial score (nSPS) is 25.8. The number of hydrogen-bond acceptors (Lipinski definition) is 4. The van der Waals surface area contributed by atoms with Crippen LogP contribution in [-0.4, -0.2) is 38.4 Å². The zero-order chi connectivity index (χ0) is 9.90. The minimum Gasteiger partial charge on any atom is -0.352 e. The van der Waals surface area contributed by atoms with Crippen molar-refractivity contribution in [2.24, 2.45) is 5.73 Å². The molecular weight excluding hydrogens is 192 g/mol. The van der Waals surface area contributed by atoms with E-state index < -0.39 is 9.84 Å². The number of sulfone groups is 1. The molecule has 1 saturated heterocycles. The Morgan fingerprint density at radius 2 is 2.23 bits per heavy atom. The Morgan fingerprint density at radius 3 is 2.69 bits per heavy atom. The van der Waals surface area contributed by atoms with Crippen LogP contribution in [0.15, 0.2) is 0 Å². The summed E-state index contributed by atoms with van der Waals surface area (Å²) in [5.41, 5.74) is 5.18. The van der Waals surface area contributed by atoms with Crippen LogP contribution in [0.1, 0.15) is 12.8 Å². The van der Waals surface area contributed by atoms with Gasteiger partial charge in [-0.2, -0.15) is 0 Å². The van der Waals surface area contributed by atoms with Crippen molar-refractivity contribution in [3.05, 3.63) is 0 Å². The number of nitrogens with two attached hydrogens (primary N) is 1. The van der Waals surface area contributed by atoms with E-state index in [9.17, 15) is 13.2 Å². The number of carbonyl (C=O) groups excluding carboxylic acids is 1. The second-order valence-corrected chi connectivity index (χ2v) is 5.43. The van der Waals surface area contributed by atoms with Crippen LogP contribution in [0.2, 0.25) is 0 Å². The maximum Gasteiger partial charge on any atom is 0.221 e. The van der Waals surface area contributed by atoms with Crippen molar-refractivity contribution >= 4 is 15.7 Å². The number of rotatable bonds is 3. The Labute approximate surface area is 77.6 Å². The van der Waals surface area contributed by atoms with Gasteiger partial charge in [-0.15, -0.1) is 0 Å². The lowest BCUT2D eigenvalue weighted by Gasteiger charge is -2.09. The van der Waals surface area contributed by atoms with Crippen LogP contribution in [0, 0.1) is 0 Å². The Balaban J connectivity index is 2.36. The van der Waals surface area contributed by atoms with Gasteiger partial charge in [-0.3, -0.25) is 4.79 Å². The van der Waals surface area contributed by atoms with Gasteiger partial charge in [-0.25, -0.2) is 8.42 Å². The van der Waals surface area contributed by atoms with Gasteiger partial charge in [0.25, 0.3) is 0 Å². The Morgan fingerprint density at radius 1 is 1.54 bits per heavy atom. The van der Waals surface area contributed by atoms with E-state index in [1.807, 2.05) is 0 Å². The van der Waals surface area contributed by atoms with Crippen LogP contribution < -0.4 is 11.1 Å². The first-order valence-electron chi connectivity index (χ1n) is 4.23. The Kier molecular flexibility index (Phi) is 3.27. The molecule has 1 aliphatic rings. The van der Waals surface area contributed by atoms with E-state index in [4.69, 9.17) is 5.73 Å². The van der Waals surface area contributed by atoms with Gasteiger partial charge in [0, 0.05) is 19.0 Å². The monoisotopic (exact) mass is 206 g/mol. The molecule has 0 unspecified atom stereocenters. The molecule has 5 nitrogen and oxygen atoms in total. The highest BCUT2D eigenvalue weighted by atomic mass is 32.2. The highest BCUT2D eigenvalue weighted by molar-refractivity contribution is 7.91. The average molecular weight is 206 g/mol. The fourth-order valence-corrected chi connectivity index (χ4v) is 3.01. The largest absolute Gasteiger partial charge is 0.352 e. The van der Waals surface area contributed by atoms with Gasteiger partial charge in [0.2, 0.25) is 5.91 Å². The smallest absolute Gasteiger partial charge is 0.221 e. The van der Waals surface area contributed by atoms with Gasteiger partial charge in [-0.05, 0) is 6.42 Å². The Hall–Kier alpha value is -0.620. The molecular formula is C7H14N2O3S. The summed E-state index contributed by atoms with van der Waals surface area (Å²) in [7, 11) is -2.90. The van der Waals surface area contributed by atoms with E-state index in [2.05, 4.69) is 5.32 Å². The van der Waals surface area contributed by atoms with Gasteiger partial charge in [0.05, 0.1) is 11.5 Å². The quantitative estimate of drug-likeness (QED) is 0.596. The number of nitrogens with one attached hydrogen (secondary N) is 1. The SMILES string of the molecule is NCCC(=O)N[C@@H]1CCS(=O)(=O)C1. The van der Waals surface area contributed by atoms with Crippen molar-refractivity contribution in [1.82, 2.24) is 5.32 Å². The summed E-state index contributed by atoms with van der Waals surface area (Å²) in [5, 5.41) is 2.64. The lowest BCUT2D eigenvalue weighted by molar-refractivity contribution is -0.121. The molecule has 1 aliphatic heterocycles. The van der Waals surface area contributed by atoms with E-state index in [-0.39, 0.29) is 29.9 Å². The first-order chi connectivity index (χ1) is 6.03. The molecule has 0 spiro atoms. The first-order valence-corrected chi connectivity index (χ1v) is 6.05. The molecule has 76 valence electrons. The van der Waals surface area contributed by atoms with Crippen LogP contribution in [0.3, 0.4) is 0 Å². The van der Waals surface area contributed by atoms with Gasteiger partial charge >= 0.3 is 0 Å². The molecule has 1 atom stereocenters. The predicted molar refractivity (Wildman–Crippen MR) is 48.9 cm³/mol. The van der Waals surface area contributed by atoms with Crippen molar-refractivity contribution in [2.75, 3.05) is 18.1 Å². The fourth-order valence-electron chi connectivity index (χ4n) is 1.34. The third kappa shape index (κ3) is 3.31. The third-order valence-corrected chi connectivity index (χ3v) is 3.74. The molecule has 1 fully saturated rings. The minimum absolute atomic E-state index is 0.0727. The summed E-state index contributed by atoms with van der Waals surface area (Å²) in [4.78, 5) is 11.0. The molecule has 0 aromatic rings. The van der Waals surface area contributed by atoms with Crippen LogP contribution in [0.5, 0.6) is 0 Å². The molecule has 0 aliphatic carbocycles. The second-order valence-electron chi connectivity index (χ2n) is 3.21. The third-order valence-electron chi connectivity index (χ3n) is 1.97. The van der Waals surface area contributed by atoms with Crippen LogP contribution in [0.25, 0.3) is 0 Å². The molecule has 1 heterocycles. The first kappa shape index (κ1) is 10.5. The van der Waals surface area contributed by atoms with Gasteiger partial charge in [0.1, 0.15) is 0 Å². The number of amides is 1. The second kappa shape index (κ2) is 4.06. The van der Waals surface area contributed by atoms with E-state index in [0.29, 0.717) is 13.0 Å². The fraction of sp³-hybridized carbons (Fsp3) is 0.857. The van der Waals surface area contributed by atoms with Crippen LogP contribution in [-0.2, 0) is 14.6 Å². The highest BCUT2D eigenvalue weighted by Gasteiger charge is 2.28. The molecule has 1 rings (SSSR count). The summed E-state index contributed by atoms with van der Waals surface area (Å²) in [6.07, 6.45) is 0.787.